The lowest BCUT2D eigenvalue weighted by Crippen LogP contribution is -2.27. The van der Waals surface area contributed by atoms with E-state index in [2.05, 4.69) is 16.5 Å². The Morgan fingerprint density at radius 3 is 2.88 bits per heavy atom. The number of rotatable bonds is 6. The van der Waals surface area contributed by atoms with Crippen molar-refractivity contribution in [1.29, 1.82) is 0 Å². The number of aliphatic hydroxyl groups is 1. The van der Waals surface area contributed by atoms with Gasteiger partial charge in [0.15, 0.2) is 0 Å². The first-order valence-corrected chi connectivity index (χ1v) is 5.47. The Morgan fingerprint density at radius 2 is 2.31 bits per heavy atom. The van der Waals surface area contributed by atoms with Crippen molar-refractivity contribution in [1.82, 2.24) is 14.9 Å². The van der Waals surface area contributed by atoms with Crippen molar-refractivity contribution < 1.29 is 5.11 Å². The van der Waals surface area contributed by atoms with Crippen LogP contribution in [0.5, 0.6) is 0 Å². The molecule has 1 aromatic rings. The summed E-state index contributed by atoms with van der Waals surface area (Å²) in [7, 11) is 0. The van der Waals surface area contributed by atoms with Crippen molar-refractivity contribution in [2.75, 3.05) is 19.7 Å². The normalized spacial score (nSPS) is 10.8. The van der Waals surface area contributed by atoms with Crippen LogP contribution in [0.25, 0.3) is 0 Å². The molecule has 16 heavy (non-hydrogen) atoms. The lowest BCUT2D eigenvalue weighted by atomic mass is 10.4. The average molecular weight is 242 g/mol. The molecule has 1 N–H and O–H groups in total. The number of aliphatic hydroxyl groups excluding tert-OH is 1. The number of halogens is 1. The van der Waals surface area contributed by atoms with E-state index in [1.165, 1.54) is 0 Å². The molecule has 0 aliphatic carbocycles. The van der Waals surface area contributed by atoms with Gasteiger partial charge in [0.1, 0.15) is 11.0 Å². The van der Waals surface area contributed by atoms with Gasteiger partial charge in [-0.05, 0) is 13.0 Å². The predicted molar refractivity (Wildman–Crippen MR) is 64.3 cm³/mol. The smallest absolute Gasteiger partial charge is 0.144 e. The van der Waals surface area contributed by atoms with Crippen molar-refractivity contribution >= 4 is 11.6 Å². The summed E-state index contributed by atoms with van der Waals surface area (Å²) >= 11 is 5.85. The van der Waals surface area contributed by atoms with Gasteiger partial charge in [0.05, 0.1) is 13.2 Å². The molecule has 0 fully saturated rings. The highest BCUT2D eigenvalue weighted by molar-refractivity contribution is 6.29. The molecule has 4 nitrogen and oxygen atoms in total. The summed E-state index contributed by atoms with van der Waals surface area (Å²) in [6.45, 7) is 7.47. The van der Waals surface area contributed by atoms with Crippen LogP contribution in [-0.2, 0) is 6.54 Å². The summed E-state index contributed by atoms with van der Waals surface area (Å²) in [6, 6.07) is 1.72. The predicted octanol–water partition coefficient (Wildman–Crippen LogP) is 1.42. The Hall–Kier alpha value is -0.970. The van der Waals surface area contributed by atoms with E-state index >= 15 is 0 Å². The van der Waals surface area contributed by atoms with Crippen LogP contribution in [0.4, 0.5) is 0 Å². The van der Waals surface area contributed by atoms with Crippen LogP contribution in [0.2, 0.25) is 5.15 Å². The molecule has 1 aromatic heterocycles. The first-order chi connectivity index (χ1) is 7.65. The van der Waals surface area contributed by atoms with Gasteiger partial charge in [-0.1, -0.05) is 17.7 Å². The zero-order valence-corrected chi connectivity index (χ0v) is 10.1. The van der Waals surface area contributed by atoms with Crippen LogP contribution in [0.1, 0.15) is 11.5 Å². The Labute approximate surface area is 101 Å². The minimum Gasteiger partial charge on any atom is -0.395 e. The minimum atomic E-state index is 0.105. The molecule has 0 bridgehead atoms. The summed E-state index contributed by atoms with van der Waals surface area (Å²) in [5, 5.41) is 9.36. The largest absolute Gasteiger partial charge is 0.395 e. The van der Waals surface area contributed by atoms with E-state index in [-0.39, 0.29) is 6.61 Å². The Kier molecular flexibility index (Phi) is 5.38. The van der Waals surface area contributed by atoms with E-state index in [0.717, 1.165) is 5.69 Å². The highest BCUT2D eigenvalue weighted by atomic mass is 35.5. The lowest BCUT2D eigenvalue weighted by Gasteiger charge is -2.18. The summed E-state index contributed by atoms with van der Waals surface area (Å²) in [4.78, 5) is 10.4. The maximum absolute atomic E-state index is 8.91. The number of aromatic nitrogens is 2. The van der Waals surface area contributed by atoms with E-state index in [1.54, 1.807) is 12.1 Å². The van der Waals surface area contributed by atoms with Crippen molar-refractivity contribution in [3.05, 3.63) is 35.4 Å². The molecule has 0 radical (unpaired) electrons. The fraction of sp³-hybridized carbons (Fsp3) is 0.455. The fourth-order valence-electron chi connectivity index (χ4n) is 1.42. The van der Waals surface area contributed by atoms with Gasteiger partial charge in [0, 0.05) is 18.8 Å². The highest BCUT2D eigenvalue weighted by Crippen LogP contribution is 2.08. The summed E-state index contributed by atoms with van der Waals surface area (Å²) in [6.07, 6.45) is 1.78. The third-order valence-electron chi connectivity index (χ3n) is 2.04. The molecule has 0 aliphatic rings. The number of aryl methyl sites for hydroxylation is 1. The topological polar surface area (TPSA) is 49.2 Å². The average Bonchev–Trinajstić information content (AvgIpc) is 2.16. The molecule has 0 aliphatic heterocycles. The van der Waals surface area contributed by atoms with Crippen molar-refractivity contribution in [3.63, 3.8) is 0 Å². The van der Waals surface area contributed by atoms with E-state index in [4.69, 9.17) is 16.7 Å². The standard InChI is InChI=1S/C11H16ClN3O/c1-3-4-15(5-6-16)8-11-13-9(2)7-10(12)14-11/h3,7,16H,1,4-6,8H2,2H3. The van der Waals surface area contributed by atoms with Gasteiger partial charge in [-0.3, -0.25) is 4.90 Å². The van der Waals surface area contributed by atoms with Gasteiger partial charge < -0.3 is 5.11 Å². The van der Waals surface area contributed by atoms with Crippen LogP contribution in [0, 0.1) is 6.92 Å². The van der Waals surface area contributed by atoms with Crippen molar-refractivity contribution in [2.45, 2.75) is 13.5 Å². The molecular weight excluding hydrogens is 226 g/mol. The van der Waals surface area contributed by atoms with E-state index in [0.29, 0.717) is 30.6 Å². The van der Waals surface area contributed by atoms with Gasteiger partial charge >= 0.3 is 0 Å². The maximum atomic E-state index is 8.91. The van der Waals surface area contributed by atoms with Gasteiger partial charge in [-0.25, -0.2) is 9.97 Å². The molecule has 88 valence electrons. The number of hydrogen-bond acceptors (Lipinski definition) is 4. The second kappa shape index (κ2) is 6.58. The monoisotopic (exact) mass is 241 g/mol. The van der Waals surface area contributed by atoms with Crippen LogP contribution in [0.3, 0.4) is 0 Å². The third-order valence-corrected chi connectivity index (χ3v) is 2.23. The SMILES string of the molecule is C=CCN(CCO)Cc1nc(C)cc(Cl)n1. The maximum Gasteiger partial charge on any atom is 0.144 e. The zero-order chi connectivity index (χ0) is 12.0. The molecule has 1 rings (SSSR count). The number of nitrogens with zero attached hydrogens (tertiary/aromatic N) is 3. The van der Waals surface area contributed by atoms with E-state index in [9.17, 15) is 0 Å². The molecule has 0 unspecified atom stereocenters. The van der Waals surface area contributed by atoms with Gasteiger partial charge in [-0.2, -0.15) is 0 Å². The molecule has 0 amide bonds. The molecule has 1 heterocycles. The Balaban J connectivity index is 2.71. The quantitative estimate of drug-likeness (QED) is 0.605. The highest BCUT2D eigenvalue weighted by Gasteiger charge is 2.07. The summed E-state index contributed by atoms with van der Waals surface area (Å²) in [5.41, 5.74) is 0.845. The van der Waals surface area contributed by atoms with Crippen LogP contribution in [-0.4, -0.2) is 39.7 Å². The van der Waals surface area contributed by atoms with Crippen LogP contribution in [0.15, 0.2) is 18.7 Å². The second-order valence-corrected chi connectivity index (χ2v) is 3.88. The van der Waals surface area contributed by atoms with Crippen molar-refractivity contribution in [3.8, 4) is 0 Å². The molecule has 0 spiro atoms. The minimum absolute atomic E-state index is 0.105. The van der Waals surface area contributed by atoms with Crippen molar-refractivity contribution in [2.24, 2.45) is 0 Å². The van der Waals surface area contributed by atoms with Gasteiger partial charge in [-0.15, -0.1) is 6.58 Å². The molecule has 5 heteroatoms. The first kappa shape index (κ1) is 13.1. The Morgan fingerprint density at radius 1 is 1.56 bits per heavy atom. The molecule has 0 aromatic carbocycles. The Bertz CT molecular complexity index is 337. The summed E-state index contributed by atoms with van der Waals surface area (Å²) < 4.78 is 0. The first-order valence-electron chi connectivity index (χ1n) is 5.10. The number of hydrogen-bond donors (Lipinski definition) is 1. The molecule has 0 saturated heterocycles. The molecule has 0 atom stereocenters. The lowest BCUT2D eigenvalue weighted by molar-refractivity contribution is 0.200. The van der Waals surface area contributed by atoms with Gasteiger partial charge in [0.2, 0.25) is 0 Å². The zero-order valence-electron chi connectivity index (χ0n) is 9.36. The van der Waals surface area contributed by atoms with E-state index in [1.807, 2.05) is 11.8 Å². The summed E-state index contributed by atoms with van der Waals surface area (Å²) in [5.74, 6) is 0.667. The molecule has 0 saturated carbocycles. The van der Waals surface area contributed by atoms with Crippen LogP contribution >= 0.6 is 11.6 Å². The molecular formula is C11H16ClN3O. The fourth-order valence-corrected chi connectivity index (χ4v) is 1.67. The van der Waals surface area contributed by atoms with Crippen LogP contribution < -0.4 is 0 Å². The van der Waals surface area contributed by atoms with Gasteiger partial charge in [0.25, 0.3) is 0 Å². The van der Waals surface area contributed by atoms with E-state index < -0.39 is 0 Å². The third kappa shape index (κ3) is 4.26. The second-order valence-electron chi connectivity index (χ2n) is 3.50.